The Morgan fingerprint density at radius 2 is 0.500 bits per heavy atom. The van der Waals surface area contributed by atoms with Gasteiger partial charge >= 0.3 is 0 Å². The molecule has 19 N–H and O–H groups in total. The number of rotatable bonds is 15. The number of hydrogen-bond donors (Lipinski definition) is 19. The molecule has 30 nitrogen and oxygen atoms in total. The molecule has 6 heterocycles. The van der Waals surface area contributed by atoms with Crippen LogP contribution < -0.4 is 0 Å². The number of ether oxygens (including phenoxy) is 11. The molecule has 6 saturated heterocycles. The van der Waals surface area contributed by atoms with E-state index < -0.39 is 217 Å². The number of aliphatic hydroxyl groups excluding tert-OH is 19. The van der Waals surface area contributed by atoms with Crippen LogP contribution >= 0.6 is 0 Å². The van der Waals surface area contributed by atoms with Crippen molar-refractivity contribution in [3.63, 3.8) is 0 Å². The van der Waals surface area contributed by atoms with Crippen molar-refractivity contribution in [1.82, 2.24) is 0 Å². The summed E-state index contributed by atoms with van der Waals surface area (Å²) in [5.41, 5.74) is 0. The van der Waals surface area contributed by atoms with Crippen LogP contribution in [0.25, 0.3) is 0 Å². The Labute approximate surface area is 373 Å². The fourth-order valence-electron chi connectivity index (χ4n) is 8.47. The third-order valence-corrected chi connectivity index (χ3v) is 12.4. The maximum Gasteiger partial charge on any atom is 0.187 e. The first-order chi connectivity index (χ1) is 31.2. The van der Waals surface area contributed by atoms with Crippen molar-refractivity contribution >= 4 is 0 Å². The van der Waals surface area contributed by atoms with Crippen LogP contribution in [0.5, 0.6) is 0 Å². The Balaban J connectivity index is 1.07. The summed E-state index contributed by atoms with van der Waals surface area (Å²) in [6, 6.07) is 0. The van der Waals surface area contributed by atoms with Gasteiger partial charge in [0.2, 0.25) is 0 Å². The van der Waals surface area contributed by atoms with E-state index in [1.165, 1.54) is 6.92 Å². The molecule has 0 spiro atoms. The predicted octanol–water partition coefficient (Wildman–Crippen LogP) is -13.1. The van der Waals surface area contributed by atoms with Gasteiger partial charge in [-0.25, -0.2) is 0 Å². The molecule has 30 heteroatoms. The molecule has 386 valence electrons. The third-order valence-electron chi connectivity index (χ3n) is 12.4. The molecular weight excluding hydrogens is 912 g/mol. The molecule has 66 heavy (non-hydrogen) atoms. The van der Waals surface area contributed by atoms with E-state index in [0.717, 1.165) is 0 Å². The van der Waals surface area contributed by atoms with Gasteiger partial charge in [-0.15, -0.1) is 0 Å². The normalized spacial score (nSPS) is 54.0. The van der Waals surface area contributed by atoms with E-state index in [1.807, 2.05) is 0 Å². The average Bonchev–Trinajstić information content (AvgIpc) is 3.30. The van der Waals surface area contributed by atoms with Crippen LogP contribution in [0.4, 0.5) is 0 Å². The molecule has 0 bridgehead atoms. The fraction of sp³-hybridized carbons (Fsp3) is 1.00. The standard InChI is InChI=1S/C36H62O30/c1-7-13(42)14(43)21(50)32(56-7)62-27-9(3-38)58-34(22(51)16(27)45)64-29-11(5-40)60-36(24(53)18(29)47)66-30-12(6-41)61-35(25(54)19(30)48)65-28-10(4-39)59-33(23(52)17(28)46)63-26-8(2-37)57-31(55)20(49)15(26)44/h7-55H,2-6H2,1H3/t7-,8-,9-,10-,11-,12-,13-,14+,15-,16-,17-,18-,19-,20-,21-,22-,23-,24-,25-,26-,27-,28-,29-,30-,31?,32-,33-,34-,35-,36-/m1/s1. The number of aliphatic hydroxyl groups is 19. The lowest BCUT2D eigenvalue weighted by atomic mass is 9.95. The average molecular weight is 975 g/mol. The first-order valence-corrected chi connectivity index (χ1v) is 21.0. The monoisotopic (exact) mass is 974 g/mol. The molecule has 30 atom stereocenters. The van der Waals surface area contributed by atoms with E-state index in [9.17, 15) is 97.0 Å². The zero-order valence-corrected chi connectivity index (χ0v) is 34.8. The lowest BCUT2D eigenvalue weighted by Crippen LogP contribution is -2.68. The molecule has 0 aliphatic carbocycles. The van der Waals surface area contributed by atoms with E-state index in [4.69, 9.17) is 52.1 Å². The number of hydrogen-bond acceptors (Lipinski definition) is 30. The molecule has 0 amide bonds. The smallest absolute Gasteiger partial charge is 0.187 e. The Bertz CT molecular complexity index is 1480. The SMILES string of the molecule is C[C@H]1O[C@H](O[C@H]2[C@H](O)[C@@H](O)[C@@H](O[C@H]3[C@H](O)[C@@H](O)[C@@H](O[C@H]4[C@H](O)[C@@H](O)[C@@H](O[C@H]5[C@H](O)[C@@H](O)[C@@H](O[C@H]6[C@H](O)[C@@H](O)C(O)O[C@@H]6CO)O[C@@H]5CO)O[C@@H]4CO)O[C@@H]3CO)O[C@@H]2CO)[C@H](O)[C@@H](O)[C@@H]1O. The summed E-state index contributed by atoms with van der Waals surface area (Å²) in [6.07, 6.45) is -54.9. The molecule has 0 aromatic heterocycles. The van der Waals surface area contributed by atoms with Crippen LogP contribution in [0.3, 0.4) is 0 Å². The van der Waals surface area contributed by atoms with Crippen molar-refractivity contribution in [2.45, 2.75) is 191 Å². The highest BCUT2D eigenvalue weighted by Crippen LogP contribution is 2.36. The lowest BCUT2D eigenvalue weighted by Gasteiger charge is -2.49. The van der Waals surface area contributed by atoms with E-state index in [-0.39, 0.29) is 0 Å². The molecule has 0 aromatic rings. The van der Waals surface area contributed by atoms with Crippen molar-refractivity contribution in [2.24, 2.45) is 0 Å². The van der Waals surface area contributed by atoms with E-state index in [1.54, 1.807) is 0 Å². The predicted molar refractivity (Wildman–Crippen MR) is 198 cm³/mol. The molecule has 6 aliphatic heterocycles. The Morgan fingerprint density at radius 1 is 0.273 bits per heavy atom. The van der Waals surface area contributed by atoms with Crippen LogP contribution in [0.1, 0.15) is 6.92 Å². The first-order valence-electron chi connectivity index (χ1n) is 21.0. The molecule has 6 rings (SSSR count). The summed E-state index contributed by atoms with van der Waals surface area (Å²) in [5, 5.41) is 200. The lowest BCUT2D eigenvalue weighted by molar-refractivity contribution is -0.395. The summed E-state index contributed by atoms with van der Waals surface area (Å²) in [4.78, 5) is 0. The van der Waals surface area contributed by atoms with Crippen LogP contribution in [-0.4, -0.2) is 314 Å². The molecule has 1 unspecified atom stereocenters. The first kappa shape index (κ1) is 54.1. The van der Waals surface area contributed by atoms with Gasteiger partial charge in [0.15, 0.2) is 37.7 Å². The van der Waals surface area contributed by atoms with Gasteiger partial charge in [-0.1, -0.05) is 0 Å². The van der Waals surface area contributed by atoms with Gasteiger partial charge < -0.3 is 149 Å². The van der Waals surface area contributed by atoms with Crippen molar-refractivity contribution in [3.8, 4) is 0 Å². The minimum Gasteiger partial charge on any atom is -0.394 e. The maximum absolute atomic E-state index is 11.2. The van der Waals surface area contributed by atoms with Crippen LogP contribution in [-0.2, 0) is 52.1 Å². The molecule has 0 saturated carbocycles. The second-order valence-corrected chi connectivity index (χ2v) is 16.7. The molecule has 0 radical (unpaired) electrons. The quantitative estimate of drug-likeness (QED) is 0.0724. The highest BCUT2D eigenvalue weighted by Gasteiger charge is 2.57. The maximum atomic E-state index is 11.2. The van der Waals surface area contributed by atoms with Gasteiger partial charge in [-0.05, 0) is 6.92 Å². The largest absolute Gasteiger partial charge is 0.394 e. The topological polar surface area (TPSA) is 486 Å². The zero-order valence-electron chi connectivity index (χ0n) is 34.8. The Kier molecular flexibility index (Phi) is 18.8. The van der Waals surface area contributed by atoms with Crippen molar-refractivity contribution < 1.29 is 149 Å². The Hall–Kier alpha value is -1.20. The minimum absolute atomic E-state index is 0.852. The van der Waals surface area contributed by atoms with Gasteiger partial charge in [0.1, 0.15) is 140 Å². The van der Waals surface area contributed by atoms with Gasteiger partial charge in [-0.2, -0.15) is 0 Å². The van der Waals surface area contributed by atoms with Crippen molar-refractivity contribution in [3.05, 3.63) is 0 Å². The molecule has 6 fully saturated rings. The molecule has 6 aliphatic rings. The van der Waals surface area contributed by atoms with Crippen LogP contribution in [0.15, 0.2) is 0 Å². The fourth-order valence-corrected chi connectivity index (χ4v) is 8.47. The van der Waals surface area contributed by atoms with Gasteiger partial charge in [-0.3, -0.25) is 0 Å². The second kappa shape index (κ2) is 22.9. The van der Waals surface area contributed by atoms with Gasteiger partial charge in [0.05, 0.1) is 39.1 Å². The van der Waals surface area contributed by atoms with Gasteiger partial charge in [0.25, 0.3) is 0 Å². The van der Waals surface area contributed by atoms with Crippen LogP contribution in [0, 0.1) is 0 Å². The van der Waals surface area contributed by atoms with Crippen molar-refractivity contribution in [1.29, 1.82) is 0 Å². The summed E-state index contributed by atoms with van der Waals surface area (Å²) in [5.74, 6) is 0. The Morgan fingerprint density at radius 3 is 0.773 bits per heavy atom. The van der Waals surface area contributed by atoms with Crippen LogP contribution in [0.2, 0.25) is 0 Å². The van der Waals surface area contributed by atoms with Gasteiger partial charge in [0, 0.05) is 0 Å². The summed E-state index contributed by atoms with van der Waals surface area (Å²) >= 11 is 0. The van der Waals surface area contributed by atoms with E-state index in [0.29, 0.717) is 0 Å². The van der Waals surface area contributed by atoms with Crippen molar-refractivity contribution in [2.75, 3.05) is 33.0 Å². The minimum atomic E-state index is -2.16. The van der Waals surface area contributed by atoms with E-state index >= 15 is 0 Å². The highest BCUT2D eigenvalue weighted by atomic mass is 16.8. The summed E-state index contributed by atoms with van der Waals surface area (Å²) in [6.45, 7) is -3.39. The third kappa shape index (κ3) is 10.8. The molecular formula is C36H62O30. The summed E-state index contributed by atoms with van der Waals surface area (Å²) < 4.78 is 60.7. The summed E-state index contributed by atoms with van der Waals surface area (Å²) in [7, 11) is 0. The van der Waals surface area contributed by atoms with E-state index in [2.05, 4.69) is 0 Å². The second-order valence-electron chi connectivity index (χ2n) is 16.7. The molecule has 0 aromatic carbocycles. The highest BCUT2D eigenvalue weighted by molar-refractivity contribution is 4.99. The zero-order chi connectivity index (χ0) is 48.6.